The smallest absolute Gasteiger partial charge is 0.337 e. The zero-order valence-corrected chi connectivity index (χ0v) is 8.23. The summed E-state index contributed by atoms with van der Waals surface area (Å²) in [5.74, 6) is -1.19. The predicted molar refractivity (Wildman–Crippen MR) is 48.6 cm³/mol. The number of hydrogen-bond donors (Lipinski definition) is 3. The van der Waals surface area contributed by atoms with Crippen LogP contribution in [0.3, 0.4) is 0 Å². The summed E-state index contributed by atoms with van der Waals surface area (Å²) < 4.78 is 24.3. The number of aromatic carboxylic acids is 1. The lowest BCUT2D eigenvalue weighted by Gasteiger charge is -2.02. The Labute approximate surface area is 85.4 Å². The average molecular weight is 232 g/mol. The number of sulfonamides is 1. The van der Waals surface area contributed by atoms with Gasteiger partial charge >= 0.3 is 5.97 Å². The summed E-state index contributed by atoms with van der Waals surface area (Å²) in [6.45, 7) is -0.745. The highest BCUT2D eigenvalue weighted by Gasteiger charge is 2.15. The van der Waals surface area contributed by atoms with Crippen LogP contribution in [0.1, 0.15) is 10.4 Å². The van der Waals surface area contributed by atoms with Crippen LogP contribution in [-0.4, -0.2) is 36.3 Å². The molecule has 1 heterocycles. The predicted octanol–water partition coefficient (Wildman–Crippen LogP) is -0.992. The molecule has 0 atom stereocenters. The van der Waals surface area contributed by atoms with E-state index in [1.165, 1.54) is 0 Å². The lowest BCUT2D eigenvalue weighted by atomic mass is 10.3. The summed E-state index contributed by atoms with van der Waals surface area (Å²) in [6.07, 6.45) is 0.925. The number of carbonyl (C=O) groups is 1. The van der Waals surface area contributed by atoms with Gasteiger partial charge in [-0.2, -0.15) is 4.72 Å². The van der Waals surface area contributed by atoms with Gasteiger partial charge < -0.3 is 10.2 Å². The van der Waals surface area contributed by atoms with Crippen molar-refractivity contribution in [2.45, 2.75) is 5.03 Å². The number of aliphatic hydroxyl groups excluding tert-OH is 1. The van der Waals surface area contributed by atoms with Crippen LogP contribution in [-0.2, 0) is 10.0 Å². The fraction of sp³-hybridized carbons (Fsp3) is 0.143. The molecule has 82 valence electrons. The molecule has 1 aromatic heterocycles. The molecule has 0 amide bonds. The molecule has 0 spiro atoms. The molecule has 0 saturated carbocycles. The van der Waals surface area contributed by atoms with Crippen LogP contribution >= 0.6 is 0 Å². The molecule has 0 saturated heterocycles. The van der Waals surface area contributed by atoms with E-state index in [0.29, 0.717) is 0 Å². The summed E-state index contributed by atoms with van der Waals surface area (Å²) >= 11 is 0. The highest BCUT2D eigenvalue weighted by molar-refractivity contribution is 7.89. The third kappa shape index (κ3) is 2.72. The van der Waals surface area contributed by atoms with Crippen LogP contribution in [0.5, 0.6) is 0 Å². The van der Waals surface area contributed by atoms with Gasteiger partial charge in [0.15, 0.2) is 5.03 Å². The first-order valence-electron chi connectivity index (χ1n) is 3.77. The zero-order chi connectivity index (χ0) is 11.5. The monoisotopic (exact) mass is 232 g/mol. The number of hydrogen-bond acceptors (Lipinski definition) is 5. The third-order valence-corrected chi connectivity index (χ3v) is 2.81. The Morgan fingerprint density at radius 2 is 2.13 bits per heavy atom. The minimum Gasteiger partial charge on any atom is -0.478 e. The van der Waals surface area contributed by atoms with Gasteiger partial charge in [0.25, 0.3) is 10.0 Å². The average Bonchev–Trinajstić information content (AvgIpc) is 2.18. The number of nitrogens with zero attached hydrogens (tertiary/aromatic N) is 1. The zero-order valence-electron chi connectivity index (χ0n) is 7.41. The van der Waals surface area contributed by atoms with E-state index in [0.717, 1.165) is 18.3 Å². The van der Waals surface area contributed by atoms with Crippen LogP contribution in [0.2, 0.25) is 0 Å². The number of carboxylic acids is 1. The van der Waals surface area contributed by atoms with Crippen molar-refractivity contribution in [2.24, 2.45) is 0 Å². The van der Waals surface area contributed by atoms with Gasteiger partial charge in [0.05, 0.1) is 5.56 Å². The molecule has 3 N–H and O–H groups in total. The molecule has 7 nitrogen and oxygen atoms in total. The SMILES string of the molecule is O=C(O)c1ccc(S(=O)(=O)NCO)nc1. The van der Waals surface area contributed by atoms with E-state index >= 15 is 0 Å². The molecule has 8 heteroatoms. The van der Waals surface area contributed by atoms with Gasteiger partial charge in [-0.1, -0.05) is 0 Å². The largest absolute Gasteiger partial charge is 0.478 e. The summed E-state index contributed by atoms with van der Waals surface area (Å²) in [7, 11) is -3.86. The molecule has 0 aliphatic carbocycles. The number of carboxylic acid groups (broad SMARTS) is 1. The second-order valence-electron chi connectivity index (χ2n) is 2.50. The molecule has 0 aliphatic rings. The van der Waals surface area contributed by atoms with Crippen molar-refractivity contribution in [2.75, 3.05) is 6.73 Å². The van der Waals surface area contributed by atoms with E-state index in [1.54, 1.807) is 4.72 Å². The first-order valence-corrected chi connectivity index (χ1v) is 5.25. The van der Waals surface area contributed by atoms with Crippen molar-refractivity contribution in [1.82, 2.24) is 9.71 Å². The summed E-state index contributed by atoms with van der Waals surface area (Å²) in [4.78, 5) is 13.9. The second-order valence-corrected chi connectivity index (χ2v) is 4.21. The first kappa shape index (κ1) is 11.6. The normalized spacial score (nSPS) is 11.3. The molecule has 15 heavy (non-hydrogen) atoms. The van der Waals surface area contributed by atoms with E-state index in [2.05, 4.69) is 4.98 Å². The van der Waals surface area contributed by atoms with Crippen LogP contribution in [0.4, 0.5) is 0 Å². The molecule has 0 unspecified atom stereocenters. The van der Waals surface area contributed by atoms with E-state index in [9.17, 15) is 13.2 Å². The van der Waals surface area contributed by atoms with Gasteiger partial charge in [-0.15, -0.1) is 0 Å². The fourth-order valence-electron chi connectivity index (χ4n) is 0.825. The number of aromatic nitrogens is 1. The maximum atomic E-state index is 11.2. The number of rotatable bonds is 4. The Morgan fingerprint density at radius 1 is 1.47 bits per heavy atom. The number of aliphatic hydroxyl groups is 1. The van der Waals surface area contributed by atoms with Crippen LogP contribution in [0, 0.1) is 0 Å². The van der Waals surface area contributed by atoms with Crippen molar-refractivity contribution < 1.29 is 23.4 Å². The van der Waals surface area contributed by atoms with E-state index < -0.39 is 22.7 Å². The van der Waals surface area contributed by atoms with Gasteiger partial charge in [0.2, 0.25) is 0 Å². The minimum atomic E-state index is -3.86. The molecule has 0 radical (unpaired) electrons. The van der Waals surface area contributed by atoms with Crippen molar-refractivity contribution >= 4 is 16.0 Å². The molecule has 0 bridgehead atoms. The van der Waals surface area contributed by atoms with Gasteiger partial charge in [0.1, 0.15) is 6.73 Å². The highest BCUT2D eigenvalue weighted by Crippen LogP contribution is 2.05. The standard InChI is InChI=1S/C7H8N2O5S/c10-4-9-15(13,14)6-2-1-5(3-8-6)7(11)12/h1-3,9-10H,4H2,(H,11,12). The Balaban J connectivity index is 3.04. The lowest BCUT2D eigenvalue weighted by Crippen LogP contribution is -2.25. The van der Waals surface area contributed by atoms with Gasteiger partial charge in [0, 0.05) is 6.20 Å². The fourth-order valence-corrected chi connectivity index (χ4v) is 1.58. The molecule has 1 rings (SSSR count). The molecule has 0 fully saturated rings. The summed E-state index contributed by atoms with van der Waals surface area (Å²) in [5, 5.41) is 16.6. The van der Waals surface area contributed by atoms with Crippen molar-refractivity contribution in [3.8, 4) is 0 Å². The number of nitrogens with one attached hydrogen (secondary N) is 1. The molecular weight excluding hydrogens is 224 g/mol. The number of pyridine rings is 1. The summed E-state index contributed by atoms with van der Waals surface area (Å²) in [5.41, 5.74) is -0.113. The summed E-state index contributed by atoms with van der Waals surface area (Å²) in [6, 6.07) is 2.16. The third-order valence-electron chi connectivity index (χ3n) is 1.51. The quantitative estimate of drug-likeness (QED) is 0.574. The highest BCUT2D eigenvalue weighted by atomic mass is 32.2. The van der Waals surface area contributed by atoms with E-state index in [4.69, 9.17) is 10.2 Å². The Bertz CT molecular complexity index is 453. The maximum Gasteiger partial charge on any atom is 0.337 e. The minimum absolute atomic E-state index is 0.113. The lowest BCUT2D eigenvalue weighted by molar-refractivity contribution is 0.0696. The van der Waals surface area contributed by atoms with Gasteiger partial charge in [-0.05, 0) is 12.1 Å². The van der Waals surface area contributed by atoms with Crippen LogP contribution in [0.15, 0.2) is 23.4 Å². The van der Waals surface area contributed by atoms with Crippen molar-refractivity contribution in [3.05, 3.63) is 23.9 Å². The molecular formula is C7H8N2O5S. The van der Waals surface area contributed by atoms with Gasteiger partial charge in [-0.25, -0.2) is 18.2 Å². The van der Waals surface area contributed by atoms with E-state index in [-0.39, 0.29) is 10.6 Å². The Morgan fingerprint density at radius 3 is 2.53 bits per heavy atom. The van der Waals surface area contributed by atoms with Gasteiger partial charge in [-0.3, -0.25) is 0 Å². The van der Waals surface area contributed by atoms with Crippen LogP contribution in [0.25, 0.3) is 0 Å². The van der Waals surface area contributed by atoms with E-state index in [1.807, 2.05) is 0 Å². The van der Waals surface area contributed by atoms with Crippen LogP contribution < -0.4 is 4.72 Å². The molecule has 0 aliphatic heterocycles. The Hall–Kier alpha value is -1.51. The second kappa shape index (κ2) is 4.34. The van der Waals surface area contributed by atoms with Crippen molar-refractivity contribution in [1.29, 1.82) is 0 Å². The molecule has 0 aromatic carbocycles. The Kier molecular flexibility index (Phi) is 3.35. The maximum absolute atomic E-state index is 11.2. The molecule has 1 aromatic rings. The van der Waals surface area contributed by atoms with Crippen molar-refractivity contribution in [3.63, 3.8) is 0 Å². The first-order chi connectivity index (χ1) is 6.97. The topological polar surface area (TPSA) is 117 Å².